The maximum Gasteiger partial charge on any atom is 0.251 e. The van der Waals surface area contributed by atoms with Crippen molar-refractivity contribution in [3.63, 3.8) is 0 Å². The second kappa shape index (κ2) is 6.64. The van der Waals surface area contributed by atoms with Gasteiger partial charge in [0.15, 0.2) is 11.5 Å². The van der Waals surface area contributed by atoms with Crippen LogP contribution in [0.5, 0.6) is 11.5 Å². The van der Waals surface area contributed by atoms with E-state index >= 15 is 0 Å². The largest absolute Gasteiger partial charge is 0.454 e. The molecule has 0 fully saturated rings. The molecule has 1 aliphatic rings. The van der Waals surface area contributed by atoms with Gasteiger partial charge in [-0.3, -0.25) is 4.79 Å². The van der Waals surface area contributed by atoms with E-state index in [9.17, 15) is 4.79 Å². The molecule has 126 valence electrons. The molecular formula is C18H16N4O3. The van der Waals surface area contributed by atoms with Crippen LogP contribution in [0, 0.1) is 0 Å². The smallest absolute Gasteiger partial charge is 0.251 e. The molecule has 1 aliphatic heterocycles. The van der Waals surface area contributed by atoms with Crippen LogP contribution in [0.15, 0.2) is 55.1 Å². The van der Waals surface area contributed by atoms with Crippen LogP contribution >= 0.6 is 0 Å². The van der Waals surface area contributed by atoms with E-state index in [-0.39, 0.29) is 12.7 Å². The first-order chi connectivity index (χ1) is 12.3. The molecule has 0 radical (unpaired) electrons. The highest BCUT2D eigenvalue weighted by molar-refractivity contribution is 5.94. The van der Waals surface area contributed by atoms with Gasteiger partial charge in [0.1, 0.15) is 12.7 Å². The highest BCUT2D eigenvalue weighted by Crippen LogP contribution is 2.32. The van der Waals surface area contributed by atoms with Gasteiger partial charge in [-0.05, 0) is 29.3 Å². The molecule has 2 aromatic carbocycles. The Morgan fingerprint density at radius 1 is 1.08 bits per heavy atom. The number of carbonyl (C=O) groups excluding carboxylic acids is 1. The molecule has 0 bridgehead atoms. The van der Waals surface area contributed by atoms with E-state index in [1.807, 2.05) is 24.3 Å². The number of ether oxygens (including phenoxy) is 2. The zero-order valence-corrected chi connectivity index (χ0v) is 13.4. The highest BCUT2D eigenvalue weighted by Gasteiger charge is 2.16. The van der Waals surface area contributed by atoms with Crippen LogP contribution in [0.3, 0.4) is 0 Å². The van der Waals surface area contributed by atoms with E-state index in [0.29, 0.717) is 30.2 Å². The molecule has 7 nitrogen and oxygen atoms in total. The molecule has 4 rings (SSSR count). The molecule has 1 amide bonds. The first kappa shape index (κ1) is 15.2. The molecular weight excluding hydrogens is 320 g/mol. The molecule has 25 heavy (non-hydrogen) atoms. The topological polar surface area (TPSA) is 78.3 Å². The standard InChI is InChI=1S/C18H16N4O3/c23-18(15-5-6-16-17(7-15)25-12-24-16)20-8-13-1-3-14(4-2-13)9-22-11-19-10-21-22/h1-7,10-11H,8-9,12H2,(H,20,23). The van der Waals surface area contributed by atoms with Gasteiger partial charge in [-0.2, -0.15) is 5.10 Å². The molecule has 0 atom stereocenters. The summed E-state index contributed by atoms with van der Waals surface area (Å²) < 4.78 is 12.3. The van der Waals surface area contributed by atoms with Crippen LogP contribution in [0.25, 0.3) is 0 Å². The third-order valence-electron chi connectivity index (χ3n) is 3.92. The third kappa shape index (κ3) is 3.45. The Balaban J connectivity index is 1.35. The molecule has 0 saturated heterocycles. The van der Waals surface area contributed by atoms with Crippen LogP contribution in [0.1, 0.15) is 21.5 Å². The zero-order valence-electron chi connectivity index (χ0n) is 13.4. The van der Waals surface area contributed by atoms with Gasteiger partial charge >= 0.3 is 0 Å². The Hall–Kier alpha value is -3.35. The lowest BCUT2D eigenvalue weighted by Crippen LogP contribution is -2.22. The Labute approximate surface area is 144 Å². The van der Waals surface area contributed by atoms with Gasteiger partial charge in [0, 0.05) is 12.1 Å². The summed E-state index contributed by atoms with van der Waals surface area (Å²) in [7, 11) is 0. The first-order valence-corrected chi connectivity index (χ1v) is 7.86. The van der Waals surface area contributed by atoms with Crippen LogP contribution in [-0.2, 0) is 13.1 Å². The van der Waals surface area contributed by atoms with Crippen molar-refractivity contribution in [3.05, 3.63) is 71.8 Å². The predicted octanol–water partition coefficient (Wildman–Crippen LogP) is 1.99. The molecule has 0 unspecified atom stereocenters. The fraction of sp³-hybridized carbons (Fsp3) is 0.167. The normalized spacial score (nSPS) is 12.2. The van der Waals surface area contributed by atoms with E-state index in [2.05, 4.69) is 15.4 Å². The molecule has 3 aromatic rings. The molecule has 0 aliphatic carbocycles. The predicted molar refractivity (Wildman–Crippen MR) is 89.3 cm³/mol. The summed E-state index contributed by atoms with van der Waals surface area (Å²) in [5, 5.41) is 6.99. The minimum Gasteiger partial charge on any atom is -0.454 e. The summed E-state index contributed by atoms with van der Waals surface area (Å²) in [5.74, 6) is 1.12. The van der Waals surface area contributed by atoms with Crippen molar-refractivity contribution in [1.82, 2.24) is 20.1 Å². The van der Waals surface area contributed by atoms with Gasteiger partial charge in [-0.15, -0.1) is 0 Å². The second-order valence-electron chi connectivity index (χ2n) is 5.66. The number of benzene rings is 2. The number of nitrogens with one attached hydrogen (secondary N) is 1. The van der Waals surface area contributed by atoms with Gasteiger partial charge < -0.3 is 14.8 Å². The van der Waals surface area contributed by atoms with Crippen molar-refractivity contribution >= 4 is 5.91 Å². The summed E-state index contributed by atoms with van der Waals surface area (Å²) in [6.07, 6.45) is 3.19. The summed E-state index contributed by atoms with van der Waals surface area (Å²) in [6, 6.07) is 13.2. The maximum absolute atomic E-state index is 12.3. The molecule has 1 N–H and O–H groups in total. The summed E-state index contributed by atoms with van der Waals surface area (Å²) in [4.78, 5) is 16.2. The number of hydrogen-bond donors (Lipinski definition) is 1. The Morgan fingerprint density at radius 3 is 2.68 bits per heavy atom. The van der Waals surface area contributed by atoms with E-state index in [0.717, 1.165) is 11.1 Å². The quantitative estimate of drug-likeness (QED) is 0.771. The Morgan fingerprint density at radius 2 is 1.88 bits per heavy atom. The fourth-order valence-electron chi connectivity index (χ4n) is 2.59. The minimum absolute atomic E-state index is 0.148. The summed E-state index contributed by atoms with van der Waals surface area (Å²) in [6.45, 7) is 1.32. The number of rotatable bonds is 5. The van der Waals surface area contributed by atoms with Crippen molar-refractivity contribution in [2.75, 3.05) is 6.79 Å². The minimum atomic E-state index is -0.148. The van der Waals surface area contributed by atoms with E-state index in [1.54, 1.807) is 29.2 Å². The van der Waals surface area contributed by atoms with E-state index < -0.39 is 0 Å². The van der Waals surface area contributed by atoms with Gasteiger partial charge in [0.25, 0.3) is 5.91 Å². The SMILES string of the molecule is O=C(NCc1ccc(Cn2cncn2)cc1)c1ccc2c(c1)OCO2. The number of fused-ring (bicyclic) bond motifs is 1. The van der Waals surface area contributed by atoms with E-state index in [1.165, 1.54) is 6.33 Å². The van der Waals surface area contributed by atoms with Crippen molar-refractivity contribution in [3.8, 4) is 11.5 Å². The molecule has 0 spiro atoms. The van der Waals surface area contributed by atoms with Crippen LogP contribution in [-0.4, -0.2) is 27.5 Å². The van der Waals surface area contributed by atoms with Gasteiger partial charge in [0.2, 0.25) is 6.79 Å². The second-order valence-corrected chi connectivity index (χ2v) is 5.66. The summed E-state index contributed by atoms with van der Waals surface area (Å²) >= 11 is 0. The lowest BCUT2D eigenvalue weighted by Gasteiger charge is -2.07. The first-order valence-electron chi connectivity index (χ1n) is 7.86. The lowest BCUT2D eigenvalue weighted by molar-refractivity contribution is 0.0950. The Bertz CT molecular complexity index is 876. The number of carbonyl (C=O) groups is 1. The molecule has 1 aromatic heterocycles. The van der Waals surface area contributed by atoms with Gasteiger partial charge in [-0.1, -0.05) is 24.3 Å². The number of aromatic nitrogens is 3. The zero-order chi connectivity index (χ0) is 17.1. The van der Waals surface area contributed by atoms with Crippen molar-refractivity contribution in [2.24, 2.45) is 0 Å². The average Bonchev–Trinajstić information content (AvgIpc) is 3.31. The number of amides is 1. The fourth-order valence-corrected chi connectivity index (χ4v) is 2.59. The van der Waals surface area contributed by atoms with Gasteiger partial charge in [-0.25, -0.2) is 9.67 Å². The molecule has 2 heterocycles. The van der Waals surface area contributed by atoms with Gasteiger partial charge in [0.05, 0.1) is 6.54 Å². The maximum atomic E-state index is 12.3. The monoisotopic (exact) mass is 336 g/mol. The highest BCUT2D eigenvalue weighted by atomic mass is 16.7. The molecule has 7 heteroatoms. The summed E-state index contributed by atoms with van der Waals surface area (Å²) in [5.41, 5.74) is 2.69. The van der Waals surface area contributed by atoms with E-state index in [4.69, 9.17) is 9.47 Å². The van der Waals surface area contributed by atoms with Crippen molar-refractivity contribution in [2.45, 2.75) is 13.1 Å². The Kier molecular flexibility index (Phi) is 4.04. The number of hydrogen-bond acceptors (Lipinski definition) is 5. The third-order valence-corrected chi connectivity index (χ3v) is 3.92. The van der Waals surface area contributed by atoms with Crippen LogP contribution < -0.4 is 14.8 Å². The lowest BCUT2D eigenvalue weighted by atomic mass is 10.1. The van der Waals surface area contributed by atoms with Crippen molar-refractivity contribution in [1.29, 1.82) is 0 Å². The molecule has 0 saturated carbocycles. The average molecular weight is 336 g/mol. The van der Waals surface area contributed by atoms with Crippen LogP contribution in [0.4, 0.5) is 0 Å². The van der Waals surface area contributed by atoms with Crippen LogP contribution in [0.2, 0.25) is 0 Å². The number of nitrogens with zero attached hydrogens (tertiary/aromatic N) is 3. The van der Waals surface area contributed by atoms with Crippen molar-refractivity contribution < 1.29 is 14.3 Å².